The molecule has 3 aliphatic rings. The molecule has 1 aromatic carbocycles. The number of amides is 1. The lowest BCUT2D eigenvalue weighted by molar-refractivity contribution is -0.190. The van der Waals surface area contributed by atoms with Crippen LogP contribution in [-0.2, 0) is 47.6 Å². The molecule has 13 nitrogen and oxygen atoms in total. The van der Waals surface area contributed by atoms with Crippen molar-refractivity contribution >= 4 is 35.9 Å². The first-order chi connectivity index (χ1) is 26.5. The summed E-state index contributed by atoms with van der Waals surface area (Å²) in [4.78, 5) is 64.1. The van der Waals surface area contributed by atoms with Crippen molar-refractivity contribution in [2.24, 2.45) is 5.41 Å². The van der Waals surface area contributed by atoms with Gasteiger partial charge >= 0.3 is 23.9 Å². The lowest BCUT2D eigenvalue weighted by atomic mass is 9.90. The van der Waals surface area contributed by atoms with Gasteiger partial charge in [0.1, 0.15) is 30.5 Å². The van der Waals surface area contributed by atoms with E-state index in [1.807, 2.05) is 0 Å². The Hall–Kier alpha value is -4.07. The number of carbonyl (C=O) groups excluding carboxylic acids is 5. The molecule has 2 aliphatic heterocycles. The molecular weight excluding hydrogens is 722 g/mol. The van der Waals surface area contributed by atoms with Gasteiger partial charge in [0.15, 0.2) is 5.79 Å². The molecule has 5 atom stereocenters. The van der Waals surface area contributed by atoms with Gasteiger partial charge in [-0.2, -0.15) is 0 Å². The van der Waals surface area contributed by atoms with Crippen molar-refractivity contribution in [3.8, 4) is 0 Å². The molecule has 1 amide bonds. The third-order valence-electron chi connectivity index (χ3n) is 10.0. The number of cyclic esters (lactones) is 1. The van der Waals surface area contributed by atoms with Crippen LogP contribution in [0.25, 0.3) is 6.08 Å². The van der Waals surface area contributed by atoms with Crippen LogP contribution in [0.4, 0.5) is 0 Å². The van der Waals surface area contributed by atoms with Crippen molar-refractivity contribution in [3.05, 3.63) is 53.1 Å². The van der Waals surface area contributed by atoms with Gasteiger partial charge in [-0.05, 0) is 69.9 Å². The maximum atomic E-state index is 13.7. The lowest BCUT2D eigenvalue weighted by Crippen LogP contribution is -2.45. The van der Waals surface area contributed by atoms with Crippen LogP contribution in [-0.4, -0.2) is 90.0 Å². The van der Waals surface area contributed by atoms with Gasteiger partial charge in [0.05, 0.1) is 18.2 Å². The number of hydrogen-bond donors (Lipinski definition) is 2. The molecule has 1 aromatic rings. The van der Waals surface area contributed by atoms with E-state index >= 15 is 0 Å². The summed E-state index contributed by atoms with van der Waals surface area (Å²) in [5.74, 6) is -3.69. The number of esters is 4. The Morgan fingerprint density at radius 3 is 2.21 bits per heavy atom. The highest BCUT2D eigenvalue weighted by Gasteiger charge is 2.52. The molecule has 0 aromatic heterocycles. The average Bonchev–Trinajstić information content (AvgIpc) is 3.63. The zero-order valence-electron chi connectivity index (χ0n) is 34.1. The van der Waals surface area contributed by atoms with E-state index in [-0.39, 0.29) is 38.0 Å². The third-order valence-corrected chi connectivity index (χ3v) is 10.0. The second-order valence-electron chi connectivity index (χ2n) is 16.7. The van der Waals surface area contributed by atoms with Crippen molar-refractivity contribution in [2.75, 3.05) is 13.2 Å². The van der Waals surface area contributed by atoms with E-state index in [1.165, 1.54) is 12.2 Å². The molecule has 5 unspecified atom stereocenters. The second kappa shape index (κ2) is 19.9. The van der Waals surface area contributed by atoms with Gasteiger partial charge < -0.3 is 38.8 Å². The van der Waals surface area contributed by atoms with Crippen LogP contribution < -0.4 is 5.32 Å². The van der Waals surface area contributed by atoms with Crippen LogP contribution in [0.2, 0.25) is 0 Å². The highest BCUT2D eigenvalue weighted by atomic mass is 16.8. The predicted octanol–water partition coefficient (Wildman–Crippen LogP) is 6.29. The molecule has 2 heterocycles. The monoisotopic (exact) mass is 783 g/mol. The molecule has 0 radical (unpaired) electrons. The van der Waals surface area contributed by atoms with Crippen molar-refractivity contribution < 1.29 is 57.5 Å². The molecule has 0 bridgehead atoms. The average molecular weight is 784 g/mol. The van der Waals surface area contributed by atoms with E-state index < -0.39 is 77.0 Å². The molecule has 2 fully saturated rings. The minimum atomic E-state index is -0.995. The molecule has 13 heteroatoms. The standard InChI is InChI=1S/C43H61NO12/c1-8-10-12-22-43(23-13-11-9-2)54-33-25-30(38(48)44-31(26-45)19-21-35(47)55-41(3,4)5)24-32(36(33)56-43)52-39(49)29-17-14-28(15-18-29)16-20-34(46)53-37-40(50)51-27-42(37,6)7/h14-18,20,25,31-33,36-37,45H,8-13,19,21-24,26-27H2,1-7H3,(H,44,48). The lowest BCUT2D eigenvalue weighted by Gasteiger charge is -2.31. The summed E-state index contributed by atoms with van der Waals surface area (Å²) >= 11 is 0. The van der Waals surface area contributed by atoms with Crippen LogP contribution in [0.1, 0.15) is 135 Å². The molecule has 0 spiro atoms. The predicted molar refractivity (Wildman–Crippen MR) is 207 cm³/mol. The zero-order valence-corrected chi connectivity index (χ0v) is 34.1. The molecule has 4 rings (SSSR count). The first-order valence-electron chi connectivity index (χ1n) is 20.0. The van der Waals surface area contributed by atoms with Gasteiger partial charge in [-0.25, -0.2) is 14.4 Å². The minimum Gasteiger partial charge on any atom is -0.462 e. The van der Waals surface area contributed by atoms with Crippen LogP contribution >= 0.6 is 0 Å². The largest absolute Gasteiger partial charge is 0.462 e. The van der Waals surface area contributed by atoms with Crippen molar-refractivity contribution in [1.29, 1.82) is 0 Å². The summed E-state index contributed by atoms with van der Waals surface area (Å²) < 4.78 is 35.2. The summed E-state index contributed by atoms with van der Waals surface area (Å²) in [7, 11) is 0. The first-order valence-corrected chi connectivity index (χ1v) is 20.0. The van der Waals surface area contributed by atoms with Gasteiger partial charge in [-0.3, -0.25) is 9.59 Å². The van der Waals surface area contributed by atoms with Gasteiger partial charge in [0.2, 0.25) is 12.0 Å². The summed E-state index contributed by atoms with van der Waals surface area (Å²) in [5.41, 5.74) is -0.113. The topological polar surface area (TPSA) is 173 Å². The van der Waals surface area contributed by atoms with Crippen molar-refractivity contribution in [1.82, 2.24) is 5.32 Å². The summed E-state index contributed by atoms with van der Waals surface area (Å²) in [6, 6.07) is 5.71. The Labute approximate surface area is 330 Å². The van der Waals surface area contributed by atoms with E-state index in [0.29, 0.717) is 24.0 Å². The highest BCUT2D eigenvalue weighted by Crippen LogP contribution is 2.43. The molecule has 2 saturated heterocycles. The molecule has 56 heavy (non-hydrogen) atoms. The molecule has 1 aliphatic carbocycles. The Bertz CT molecular complexity index is 1580. The molecular formula is C43H61NO12. The van der Waals surface area contributed by atoms with Crippen LogP contribution in [0.5, 0.6) is 0 Å². The van der Waals surface area contributed by atoms with E-state index in [4.69, 9.17) is 28.4 Å². The number of rotatable bonds is 19. The number of aliphatic hydroxyl groups is 1. The number of nitrogens with one attached hydrogen (secondary N) is 1. The normalized spacial score (nSPS) is 23.1. The third kappa shape index (κ3) is 12.7. The number of fused-ring (bicyclic) bond motifs is 1. The van der Waals surface area contributed by atoms with Gasteiger partial charge in [0, 0.05) is 42.7 Å². The quantitative estimate of drug-likeness (QED) is 0.0696. The molecule has 2 N–H and O–H groups in total. The highest BCUT2D eigenvalue weighted by molar-refractivity contribution is 5.95. The van der Waals surface area contributed by atoms with E-state index in [0.717, 1.165) is 38.5 Å². The second-order valence-corrected chi connectivity index (χ2v) is 16.7. The number of hydrogen-bond acceptors (Lipinski definition) is 12. The Kier molecular flexibility index (Phi) is 15.8. The number of aliphatic hydroxyl groups excluding tert-OH is 1. The Balaban J connectivity index is 1.49. The summed E-state index contributed by atoms with van der Waals surface area (Å²) in [5, 5.41) is 12.9. The van der Waals surface area contributed by atoms with Crippen molar-refractivity contribution in [3.63, 3.8) is 0 Å². The van der Waals surface area contributed by atoms with E-state index in [9.17, 15) is 29.1 Å². The first kappa shape index (κ1) is 44.6. The van der Waals surface area contributed by atoms with Crippen LogP contribution in [0, 0.1) is 5.41 Å². The fourth-order valence-corrected chi connectivity index (χ4v) is 6.96. The Morgan fingerprint density at radius 1 is 0.982 bits per heavy atom. The van der Waals surface area contributed by atoms with Crippen molar-refractivity contribution in [2.45, 2.75) is 161 Å². The summed E-state index contributed by atoms with van der Waals surface area (Å²) in [6.07, 6.45) is 8.66. The fraction of sp³-hybridized carbons (Fsp3) is 0.651. The number of ether oxygens (including phenoxy) is 6. The fourth-order valence-electron chi connectivity index (χ4n) is 6.96. The van der Waals surface area contributed by atoms with E-state index in [2.05, 4.69) is 19.2 Å². The molecule has 310 valence electrons. The number of carbonyl (C=O) groups is 5. The maximum Gasteiger partial charge on any atom is 0.348 e. The molecule has 0 saturated carbocycles. The SMILES string of the molecule is CCCCCC1(CCCCC)OC2C=C(C(=O)NC(CO)CCC(=O)OC(C)(C)C)CC(OC(=O)c3ccc(C=CC(=O)OC4C(=O)OCC4(C)C)cc3)C2O1. The van der Waals surface area contributed by atoms with E-state index in [1.54, 1.807) is 65.0 Å². The summed E-state index contributed by atoms with van der Waals surface area (Å²) in [6.45, 7) is 12.9. The van der Waals surface area contributed by atoms with Gasteiger partial charge in [-0.15, -0.1) is 0 Å². The smallest absolute Gasteiger partial charge is 0.348 e. The zero-order chi connectivity index (χ0) is 41.1. The van der Waals surface area contributed by atoms with Crippen LogP contribution in [0.15, 0.2) is 42.0 Å². The minimum absolute atomic E-state index is 0.00959. The van der Waals surface area contributed by atoms with Gasteiger partial charge in [0.25, 0.3) is 0 Å². The van der Waals surface area contributed by atoms with Gasteiger partial charge in [-0.1, -0.05) is 65.5 Å². The number of unbranched alkanes of at least 4 members (excludes halogenated alkanes) is 4. The Morgan fingerprint density at radius 2 is 1.64 bits per heavy atom. The number of benzene rings is 1. The maximum absolute atomic E-state index is 13.7. The van der Waals surface area contributed by atoms with Crippen LogP contribution in [0.3, 0.4) is 0 Å².